The van der Waals surface area contributed by atoms with Crippen molar-refractivity contribution in [1.82, 2.24) is 9.29 Å². The van der Waals surface area contributed by atoms with Crippen LogP contribution in [0, 0.1) is 0 Å². The number of aromatic nitrogens is 1. The van der Waals surface area contributed by atoms with Crippen molar-refractivity contribution in [2.45, 2.75) is 11.8 Å². The molecule has 7 nitrogen and oxygen atoms in total. The van der Waals surface area contributed by atoms with Crippen LogP contribution in [0.3, 0.4) is 0 Å². The summed E-state index contributed by atoms with van der Waals surface area (Å²) in [5.74, 6) is 1.21. The van der Waals surface area contributed by atoms with E-state index in [0.29, 0.717) is 18.8 Å². The fourth-order valence-electron chi connectivity index (χ4n) is 2.79. The molecular formula is C18H24N4O3S2. The number of rotatable bonds is 6. The molecular weight excluding hydrogens is 384 g/mol. The van der Waals surface area contributed by atoms with Gasteiger partial charge in [0, 0.05) is 55.8 Å². The molecule has 2 heterocycles. The number of anilines is 2. The molecule has 0 saturated carbocycles. The maximum Gasteiger partial charge on any atom is 0.272 e. The summed E-state index contributed by atoms with van der Waals surface area (Å²) >= 11 is 1.74. The van der Waals surface area contributed by atoms with E-state index in [2.05, 4.69) is 15.2 Å². The maximum atomic E-state index is 12.7. The Morgan fingerprint density at radius 2 is 2.04 bits per heavy atom. The van der Waals surface area contributed by atoms with E-state index >= 15 is 0 Å². The van der Waals surface area contributed by atoms with Gasteiger partial charge in [0.05, 0.1) is 0 Å². The van der Waals surface area contributed by atoms with Gasteiger partial charge in [-0.15, -0.1) is 0 Å². The summed E-state index contributed by atoms with van der Waals surface area (Å²) in [4.78, 5) is 17.5. The van der Waals surface area contributed by atoms with Gasteiger partial charge in [0.1, 0.15) is 10.6 Å². The Hall–Kier alpha value is -1.97. The van der Waals surface area contributed by atoms with E-state index in [9.17, 15) is 13.2 Å². The molecule has 2 N–H and O–H groups in total. The normalized spacial score (nSPS) is 15.5. The Kier molecular flexibility index (Phi) is 6.13. The summed E-state index contributed by atoms with van der Waals surface area (Å²) in [7, 11) is -1.59. The number of hydrogen-bond donors (Lipinski definition) is 2. The van der Waals surface area contributed by atoms with Crippen LogP contribution in [0.2, 0.25) is 0 Å². The first-order valence-electron chi connectivity index (χ1n) is 8.80. The zero-order valence-electron chi connectivity index (χ0n) is 15.4. The molecule has 1 aliphatic heterocycles. The van der Waals surface area contributed by atoms with E-state index in [1.807, 2.05) is 32.2 Å². The molecule has 0 radical (unpaired) electrons. The molecule has 0 spiro atoms. The zero-order valence-corrected chi connectivity index (χ0v) is 17.1. The highest BCUT2D eigenvalue weighted by Gasteiger charge is 2.27. The number of nitrogens with one attached hydrogen (secondary N) is 2. The molecule has 1 fully saturated rings. The van der Waals surface area contributed by atoms with Crippen molar-refractivity contribution in [2.75, 3.05) is 48.4 Å². The number of thioether (sulfide) groups is 1. The van der Waals surface area contributed by atoms with Gasteiger partial charge in [-0.2, -0.15) is 16.1 Å². The third kappa shape index (κ3) is 4.48. The Morgan fingerprint density at radius 3 is 2.74 bits per heavy atom. The standard InChI is InChI=1S/C18H24N4O3S2/c1-3-21(2)15-6-4-5-14(11-15)20-18(23)17-12-16(13-19-17)27(24,25)22-7-9-26-10-8-22/h4-6,11-13,19H,3,7-10H2,1-2H3,(H,20,23). The van der Waals surface area contributed by atoms with Gasteiger partial charge in [-0.3, -0.25) is 4.79 Å². The maximum absolute atomic E-state index is 12.7. The van der Waals surface area contributed by atoms with Crippen LogP contribution in [0.25, 0.3) is 0 Å². The van der Waals surface area contributed by atoms with Crippen molar-refractivity contribution in [3.05, 3.63) is 42.2 Å². The average molecular weight is 409 g/mol. The van der Waals surface area contributed by atoms with Crippen molar-refractivity contribution in [2.24, 2.45) is 0 Å². The lowest BCUT2D eigenvalue weighted by Crippen LogP contribution is -2.37. The zero-order chi connectivity index (χ0) is 19.4. The number of amides is 1. The van der Waals surface area contributed by atoms with Crippen LogP contribution in [0.15, 0.2) is 41.4 Å². The topological polar surface area (TPSA) is 85.5 Å². The van der Waals surface area contributed by atoms with Crippen LogP contribution in [0.4, 0.5) is 11.4 Å². The van der Waals surface area contributed by atoms with Gasteiger partial charge >= 0.3 is 0 Å². The van der Waals surface area contributed by atoms with Gasteiger partial charge in [-0.05, 0) is 31.2 Å². The van der Waals surface area contributed by atoms with E-state index in [1.165, 1.54) is 16.6 Å². The number of sulfonamides is 1. The van der Waals surface area contributed by atoms with Crippen molar-refractivity contribution in [3.8, 4) is 0 Å². The highest BCUT2D eigenvalue weighted by Crippen LogP contribution is 2.22. The Labute approximate surface area is 164 Å². The highest BCUT2D eigenvalue weighted by molar-refractivity contribution is 7.99. The molecule has 2 aromatic rings. The summed E-state index contributed by atoms with van der Waals surface area (Å²) in [6.07, 6.45) is 1.38. The molecule has 1 saturated heterocycles. The van der Waals surface area contributed by atoms with Crippen molar-refractivity contribution < 1.29 is 13.2 Å². The molecule has 146 valence electrons. The summed E-state index contributed by atoms with van der Waals surface area (Å²) in [6.45, 7) is 3.90. The minimum Gasteiger partial charge on any atom is -0.375 e. The van der Waals surface area contributed by atoms with Gasteiger partial charge in [0.2, 0.25) is 10.0 Å². The fraction of sp³-hybridized carbons (Fsp3) is 0.389. The van der Waals surface area contributed by atoms with Crippen LogP contribution >= 0.6 is 11.8 Å². The van der Waals surface area contributed by atoms with Crippen LogP contribution in [0.5, 0.6) is 0 Å². The lowest BCUT2D eigenvalue weighted by molar-refractivity contribution is 0.102. The minimum atomic E-state index is -3.57. The smallest absolute Gasteiger partial charge is 0.272 e. The molecule has 1 aliphatic rings. The molecule has 0 bridgehead atoms. The van der Waals surface area contributed by atoms with Crippen LogP contribution < -0.4 is 10.2 Å². The summed E-state index contributed by atoms with van der Waals surface area (Å²) in [5, 5.41) is 2.81. The Balaban J connectivity index is 1.73. The molecule has 1 aromatic carbocycles. The first-order valence-corrected chi connectivity index (χ1v) is 11.4. The number of nitrogens with zero attached hydrogens (tertiary/aromatic N) is 2. The van der Waals surface area contributed by atoms with E-state index in [1.54, 1.807) is 17.8 Å². The first-order chi connectivity index (χ1) is 12.9. The third-order valence-corrected chi connectivity index (χ3v) is 7.35. The van der Waals surface area contributed by atoms with Crippen LogP contribution in [-0.4, -0.2) is 61.8 Å². The largest absolute Gasteiger partial charge is 0.375 e. The SMILES string of the molecule is CCN(C)c1cccc(NC(=O)c2cc(S(=O)(=O)N3CCSCC3)c[nH]2)c1. The van der Waals surface area contributed by atoms with E-state index < -0.39 is 10.0 Å². The number of carbonyl (C=O) groups excluding carboxylic acids is 1. The van der Waals surface area contributed by atoms with Crippen LogP contribution in [-0.2, 0) is 10.0 Å². The molecule has 1 amide bonds. The van der Waals surface area contributed by atoms with E-state index in [4.69, 9.17) is 0 Å². The summed E-state index contributed by atoms with van der Waals surface area (Å²) < 4.78 is 26.9. The molecule has 27 heavy (non-hydrogen) atoms. The van der Waals surface area contributed by atoms with E-state index in [0.717, 1.165) is 23.7 Å². The molecule has 1 aromatic heterocycles. The summed E-state index contributed by atoms with van der Waals surface area (Å²) in [5.41, 5.74) is 1.87. The third-order valence-electron chi connectivity index (χ3n) is 4.53. The van der Waals surface area contributed by atoms with Gasteiger partial charge in [-0.1, -0.05) is 6.07 Å². The molecule has 9 heteroatoms. The lowest BCUT2D eigenvalue weighted by atomic mass is 10.2. The fourth-order valence-corrected chi connectivity index (χ4v) is 5.36. The first kappa shape index (κ1) is 19.8. The van der Waals surface area contributed by atoms with Crippen LogP contribution in [0.1, 0.15) is 17.4 Å². The second-order valence-electron chi connectivity index (χ2n) is 6.28. The molecule has 0 atom stereocenters. The number of carbonyl (C=O) groups is 1. The Bertz CT molecular complexity index is 905. The van der Waals surface area contributed by atoms with Gasteiger partial charge < -0.3 is 15.2 Å². The minimum absolute atomic E-state index is 0.124. The molecule has 0 aliphatic carbocycles. The highest BCUT2D eigenvalue weighted by atomic mass is 32.2. The molecule has 0 unspecified atom stereocenters. The van der Waals surface area contributed by atoms with Crippen molar-refractivity contribution >= 4 is 39.1 Å². The van der Waals surface area contributed by atoms with E-state index in [-0.39, 0.29) is 16.5 Å². The van der Waals surface area contributed by atoms with Gasteiger partial charge in [0.25, 0.3) is 5.91 Å². The van der Waals surface area contributed by atoms with Gasteiger partial charge in [0.15, 0.2) is 0 Å². The lowest BCUT2D eigenvalue weighted by Gasteiger charge is -2.24. The van der Waals surface area contributed by atoms with Gasteiger partial charge in [-0.25, -0.2) is 8.42 Å². The predicted molar refractivity (Wildman–Crippen MR) is 110 cm³/mol. The quantitative estimate of drug-likeness (QED) is 0.767. The number of hydrogen-bond acceptors (Lipinski definition) is 5. The second kappa shape index (κ2) is 8.37. The summed E-state index contributed by atoms with van der Waals surface area (Å²) in [6, 6.07) is 8.92. The predicted octanol–water partition coefficient (Wildman–Crippen LogP) is 2.46. The number of benzene rings is 1. The monoisotopic (exact) mass is 408 g/mol. The molecule has 3 rings (SSSR count). The number of H-pyrrole nitrogens is 1. The second-order valence-corrected chi connectivity index (χ2v) is 9.45. The Morgan fingerprint density at radius 1 is 1.30 bits per heavy atom. The van der Waals surface area contributed by atoms with Crippen molar-refractivity contribution in [3.63, 3.8) is 0 Å². The van der Waals surface area contributed by atoms with Crippen molar-refractivity contribution in [1.29, 1.82) is 0 Å². The number of aromatic amines is 1. The average Bonchev–Trinajstić information content (AvgIpc) is 3.19.